The maximum Gasteiger partial charge on any atom is 0.258 e. The van der Waals surface area contributed by atoms with Gasteiger partial charge in [-0.3, -0.25) is 4.79 Å². The molecule has 0 saturated heterocycles. The van der Waals surface area contributed by atoms with Gasteiger partial charge in [0.2, 0.25) is 0 Å². The van der Waals surface area contributed by atoms with Gasteiger partial charge < -0.3 is 19.5 Å². The lowest BCUT2D eigenvalue weighted by Gasteiger charge is -2.14. The number of hydrogen-bond acceptors (Lipinski definition) is 4. The number of carbonyl (C=O) groups is 1. The second kappa shape index (κ2) is 6.43. The standard InChI is InChI=1S/C19H19NO4/c21-18(12-24-14-4-2-1-3-5-14)20-11-16-15-7-9-22-17(15)10-13-6-8-23-19(13)16/h1-5,10H,6-9,11-12H2,(H,20,21). The molecule has 1 amide bonds. The molecule has 0 atom stereocenters. The van der Waals surface area contributed by atoms with Gasteiger partial charge in [0.05, 0.1) is 13.2 Å². The van der Waals surface area contributed by atoms with Crippen molar-refractivity contribution in [2.75, 3.05) is 19.8 Å². The first kappa shape index (κ1) is 14.9. The highest BCUT2D eigenvalue weighted by atomic mass is 16.5. The second-order valence-corrected chi connectivity index (χ2v) is 5.90. The van der Waals surface area contributed by atoms with Crippen molar-refractivity contribution in [2.45, 2.75) is 19.4 Å². The molecule has 0 aliphatic carbocycles. The number of para-hydroxylation sites is 1. The van der Waals surface area contributed by atoms with E-state index in [0.717, 1.165) is 35.5 Å². The molecule has 0 fully saturated rings. The fraction of sp³-hybridized carbons (Fsp3) is 0.316. The summed E-state index contributed by atoms with van der Waals surface area (Å²) in [7, 11) is 0. The topological polar surface area (TPSA) is 56.8 Å². The Bertz CT molecular complexity index is 725. The van der Waals surface area contributed by atoms with Crippen LogP contribution in [0, 0.1) is 0 Å². The van der Waals surface area contributed by atoms with Gasteiger partial charge in [-0.15, -0.1) is 0 Å². The van der Waals surface area contributed by atoms with Crippen molar-refractivity contribution in [2.24, 2.45) is 0 Å². The Hall–Kier alpha value is -2.69. The third kappa shape index (κ3) is 2.89. The van der Waals surface area contributed by atoms with E-state index in [4.69, 9.17) is 14.2 Å². The quantitative estimate of drug-likeness (QED) is 0.916. The fourth-order valence-corrected chi connectivity index (χ4v) is 3.18. The van der Waals surface area contributed by atoms with Crippen LogP contribution in [0.5, 0.6) is 17.2 Å². The predicted molar refractivity (Wildman–Crippen MR) is 88.6 cm³/mol. The van der Waals surface area contributed by atoms with Crippen LogP contribution in [-0.4, -0.2) is 25.7 Å². The summed E-state index contributed by atoms with van der Waals surface area (Å²) >= 11 is 0. The molecule has 0 radical (unpaired) electrons. The molecule has 5 nitrogen and oxygen atoms in total. The van der Waals surface area contributed by atoms with Crippen molar-refractivity contribution in [1.82, 2.24) is 5.32 Å². The number of rotatable bonds is 5. The van der Waals surface area contributed by atoms with Crippen molar-refractivity contribution in [3.8, 4) is 17.2 Å². The van der Waals surface area contributed by atoms with Crippen LogP contribution in [0.4, 0.5) is 0 Å². The Kier molecular flexibility index (Phi) is 3.99. The lowest BCUT2D eigenvalue weighted by Crippen LogP contribution is -2.28. The summed E-state index contributed by atoms with van der Waals surface area (Å²) in [4.78, 5) is 12.1. The van der Waals surface area contributed by atoms with Crippen molar-refractivity contribution in [3.05, 3.63) is 53.1 Å². The van der Waals surface area contributed by atoms with Crippen molar-refractivity contribution in [1.29, 1.82) is 0 Å². The van der Waals surface area contributed by atoms with Gasteiger partial charge in [-0.25, -0.2) is 0 Å². The summed E-state index contributed by atoms with van der Waals surface area (Å²) in [5.74, 6) is 2.39. The van der Waals surface area contributed by atoms with E-state index in [2.05, 4.69) is 11.4 Å². The molecule has 2 aliphatic rings. The average molecular weight is 325 g/mol. The summed E-state index contributed by atoms with van der Waals surface area (Å²) in [6.07, 6.45) is 1.75. The van der Waals surface area contributed by atoms with E-state index in [0.29, 0.717) is 25.5 Å². The molecule has 1 N–H and O–H groups in total. The Morgan fingerprint density at radius 3 is 2.83 bits per heavy atom. The van der Waals surface area contributed by atoms with Crippen LogP contribution in [0.25, 0.3) is 0 Å². The van der Waals surface area contributed by atoms with Crippen LogP contribution in [-0.2, 0) is 24.2 Å². The molecule has 0 unspecified atom stereocenters. The first-order valence-electron chi connectivity index (χ1n) is 8.19. The van der Waals surface area contributed by atoms with Crippen molar-refractivity contribution in [3.63, 3.8) is 0 Å². The highest BCUT2D eigenvalue weighted by Crippen LogP contribution is 2.40. The third-order valence-corrected chi connectivity index (χ3v) is 4.34. The largest absolute Gasteiger partial charge is 0.493 e. The van der Waals surface area contributed by atoms with Crippen LogP contribution in [0.15, 0.2) is 36.4 Å². The molecule has 2 aromatic rings. The molecule has 0 spiro atoms. The number of benzene rings is 2. The Morgan fingerprint density at radius 1 is 1.12 bits per heavy atom. The molecule has 0 saturated carbocycles. The van der Waals surface area contributed by atoms with E-state index < -0.39 is 0 Å². The number of nitrogens with one attached hydrogen (secondary N) is 1. The van der Waals surface area contributed by atoms with Crippen LogP contribution < -0.4 is 19.5 Å². The predicted octanol–water partition coefficient (Wildman–Crippen LogP) is 2.25. The lowest BCUT2D eigenvalue weighted by molar-refractivity contribution is -0.123. The summed E-state index contributed by atoms with van der Waals surface area (Å²) in [5.41, 5.74) is 3.37. The number of amides is 1. The maximum atomic E-state index is 12.1. The molecule has 124 valence electrons. The van der Waals surface area contributed by atoms with Crippen LogP contribution in [0.2, 0.25) is 0 Å². The second-order valence-electron chi connectivity index (χ2n) is 5.90. The van der Waals surface area contributed by atoms with Crippen LogP contribution >= 0.6 is 0 Å². The van der Waals surface area contributed by atoms with Gasteiger partial charge in [-0.05, 0) is 18.2 Å². The van der Waals surface area contributed by atoms with E-state index in [-0.39, 0.29) is 12.5 Å². The zero-order valence-corrected chi connectivity index (χ0v) is 13.3. The highest BCUT2D eigenvalue weighted by Gasteiger charge is 2.26. The van der Waals surface area contributed by atoms with Gasteiger partial charge in [0.15, 0.2) is 6.61 Å². The fourth-order valence-electron chi connectivity index (χ4n) is 3.18. The molecular formula is C19H19NO4. The molecular weight excluding hydrogens is 306 g/mol. The average Bonchev–Trinajstić information content (AvgIpc) is 3.26. The monoisotopic (exact) mass is 325 g/mol. The van der Waals surface area contributed by atoms with Crippen LogP contribution in [0.1, 0.15) is 16.7 Å². The molecule has 4 rings (SSSR count). The number of hydrogen-bond donors (Lipinski definition) is 1. The van der Waals surface area contributed by atoms with E-state index >= 15 is 0 Å². The highest BCUT2D eigenvalue weighted by molar-refractivity contribution is 5.77. The van der Waals surface area contributed by atoms with Gasteiger partial charge in [-0.2, -0.15) is 0 Å². The molecule has 2 heterocycles. The molecule has 24 heavy (non-hydrogen) atoms. The smallest absolute Gasteiger partial charge is 0.258 e. The third-order valence-electron chi connectivity index (χ3n) is 4.34. The maximum absolute atomic E-state index is 12.1. The molecule has 0 aromatic heterocycles. The molecule has 2 aliphatic heterocycles. The summed E-state index contributed by atoms with van der Waals surface area (Å²) < 4.78 is 16.9. The zero-order valence-electron chi connectivity index (χ0n) is 13.3. The first-order valence-corrected chi connectivity index (χ1v) is 8.19. The van der Waals surface area contributed by atoms with Gasteiger partial charge in [0.25, 0.3) is 5.91 Å². The SMILES string of the molecule is O=C(COc1ccccc1)NCc1c2c(cc3c1OCC3)OCC2. The Labute approximate surface area is 140 Å². The summed E-state index contributed by atoms with van der Waals surface area (Å²) in [6, 6.07) is 11.4. The normalized spacial score (nSPS) is 14.3. The summed E-state index contributed by atoms with van der Waals surface area (Å²) in [6.45, 7) is 1.82. The minimum absolute atomic E-state index is 0.00140. The van der Waals surface area contributed by atoms with E-state index in [1.165, 1.54) is 5.56 Å². The molecule has 0 bridgehead atoms. The van der Waals surface area contributed by atoms with Gasteiger partial charge >= 0.3 is 0 Å². The Morgan fingerprint density at radius 2 is 1.96 bits per heavy atom. The minimum atomic E-state index is -0.151. The van der Waals surface area contributed by atoms with E-state index in [1.54, 1.807) is 0 Å². The lowest BCUT2D eigenvalue weighted by atomic mass is 9.99. The van der Waals surface area contributed by atoms with E-state index in [1.807, 2.05) is 30.3 Å². The van der Waals surface area contributed by atoms with Crippen molar-refractivity contribution >= 4 is 5.91 Å². The zero-order chi connectivity index (χ0) is 16.4. The van der Waals surface area contributed by atoms with Gasteiger partial charge in [0.1, 0.15) is 17.2 Å². The Balaban J connectivity index is 1.42. The van der Waals surface area contributed by atoms with Crippen LogP contribution in [0.3, 0.4) is 0 Å². The van der Waals surface area contributed by atoms with Crippen molar-refractivity contribution < 1.29 is 19.0 Å². The van der Waals surface area contributed by atoms with Gasteiger partial charge in [-0.1, -0.05) is 18.2 Å². The molecule has 2 aromatic carbocycles. The number of carbonyl (C=O) groups excluding carboxylic acids is 1. The van der Waals surface area contributed by atoms with E-state index in [9.17, 15) is 4.79 Å². The van der Waals surface area contributed by atoms with Gasteiger partial charge in [0, 0.05) is 36.1 Å². The summed E-state index contributed by atoms with van der Waals surface area (Å²) in [5, 5.41) is 2.93. The minimum Gasteiger partial charge on any atom is -0.493 e. The number of ether oxygens (including phenoxy) is 3. The number of fused-ring (bicyclic) bond motifs is 2. The molecule has 5 heteroatoms. The first-order chi connectivity index (χ1) is 11.8.